The summed E-state index contributed by atoms with van der Waals surface area (Å²) in [6.45, 7) is 5.64. The van der Waals surface area contributed by atoms with Gasteiger partial charge in [0.05, 0.1) is 4.91 Å². The molecule has 1 fully saturated rings. The Morgan fingerprint density at radius 2 is 1.82 bits per heavy atom. The van der Waals surface area contributed by atoms with Crippen LogP contribution < -0.4 is 5.32 Å². The van der Waals surface area contributed by atoms with Gasteiger partial charge in [0.2, 0.25) is 5.91 Å². The summed E-state index contributed by atoms with van der Waals surface area (Å²) in [7, 11) is 0. The number of carbonyl (C=O) groups is 3. The normalized spacial score (nSPS) is 15.4. The van der Waals surface area contributed by atoms with Crippen LogP contribution in [-0.4, -0.2) is 28.5 Å². The highest BCUT2D eigenvalue weighted by atomic mass is 32.2. The van der Waals surface area contributed by atoms with E-state index < -0.39 is 17.1 Å². The van der Waals surface area contributed by atoms with Gasteiger partial charge in [-0.3, -0.25) is 19.3 Å². The van der Waals surface area contributed by atoms with Crippen molar-refractivity contribution in [1.29, 1.82) is 0 Å². The van der Waals surface area contributed by atoms with Crippen LogP contribution in [0.2, 0.25) is 0 Å². The summed E-state index contributed by atoms with van der Waals surface area (Å²) in [5.41, 5.74) is 4.75. The van der Waals surface area contributed by atoms with Crippen molar-refractivity contribution in [2.45, 2.75) is 27.2 Å². The molecule has 1 aliphatic heterocycles. The standard InChI is InChI=1S/C22H22N2O3S/c1-4-16-6-8-17(9-7-16)12-19-21(26)24(22(27)28-19)13-20(25)23-18-10-5-14(2)11-15(18)3/h5-12H,4,13H2,1-3H3,(H,23,25)/b19-12-. The molecule has 3 amide bonds. The lowest BCUT2D eigenvalue weighted by Crippen LogP contribution is -2.36. The van der Waals surface area contributed by atoms with Gasteiger partial charge in [-0.05, 0) is 60.9 Å². The fraction of sp³-hybridized carbons (Fsp3) is 0.227. The predicted molar refractivity (Wildman–Crippen MR) is 113 cm³/mol. The Bertz CT molecular complexity index is 964. The number of anilines is 1. The highest BCUT2D eigenvalue weighted by Gasteiger charge is 2.36. The monoisotopic (exact) mass is 394 g/mol. The van der Waals surface area contributed by atoms with Crippen LogP contribution in [0.1, 0.15) is 29.2 Å². The van der Waals surface area contributed by atoms with Gasteiger partial charge in [-0.2, -0.15) is 0 Å². The van der Waals surface area contributed by atoms with Crippen LogP contribution in [0.25, 0.3) is 6.08 Å². The number of thioether (sulfide) groups is 1. The first-order valence-corrected chi connectivity index (χ1v) is 9.90. The Morgan fingerprint density at radius 3 is 2.46 bits per heavy atom. The van der Waals surface area contributed by atoms with Crippen LogP contribution in [0.5, 0.6) is 0 Å². The molecule has 0 saturated carbocycles. The Morgan fingerprint density at radius 1 is 1.11 bits per heavy atom. The summed E-state index contributed by atoms with van der Waals surface area (Å²) < 4.78 is 0. The molecule has 0 spiro atoms. The summed E-state index contributed by atoms with van der Waals surface area (Å²) >= 11 is 0.859. The Hall–Kier alpha value is -2.86. The number of imide groups is 1. The van der Waals surface area contributed by atoms with Gasteiger partial charge in [-0.1, -0.05) is 48.9 Å². The van der Waals surface area contributed by atoms with Crippen molar-refractivity contribution in [3.8, 4) is 0 Å². The molecule has 5 nitrogen and oxygen atoms in total. The first-order valence-electron chi connectivity index (χ1n) is 9.09. The highest BCUT2D eigenvalue weighted by molar-refractivity contribution is 8.18. The van der Waals surface area contributed by atoms with E-state index >= 15 is 0 Å². The molecule has 28 heavy (non-hydrogen) atoms. The molecule has 2 aromatic carbocycles. The summed E-state index contributed by atoms with van der Waals surface area (Å²) in [6.07, 6.45) is 2.62. The van der Waals surface area contributed by atoms with Crippen LogP contribution in [0.3, 0.4) is 0 Å². The minimum atomic E-state index is -0.439. The van der Waals surface area contributed by atoms with Crippen molar-refractivity contribution in [1.82, 2.24) is 4.90 Å². The van der Waals surface area contributed by atoms with Gasteiger partial charge in [0, 0.05) is 5.69 Å². The molecule has 0 unspecified atom stereocenters. The number of benzene rings is 2. The van der Waals surface area contributed by atoms with Crippen molar-refractivity contribution in [2.75, 3.05) is 11.9 Å². The maximum absolute atomic E-state index is 12.6. The minimum Gasteiger partial charge on any atom is -0.324 e. The maximum Gasteiger partial charge on any atom is 0.294 e. The molecule has 0 bridgehead atoms. The second kappa shape index (κ2) is 8.44. The van der Waals surface area contributed by atoms with E-state index in [2.05, 4.69) is 12.2 Å². The summed E-state index contributed by atoms with van der Waals surface area (Å²) in [4.78, 5) is 38.5. The van der Waals surface area contributed by atoms with Crippen molar-refractivity contribution in [3.05, 3.63) is 69.6 Å². The van der Waals surface area contributed by atoms with Gasteiger partial charge in [-0.15, -0.1) is 0 Å². The number of rotatable bonds is 5. The molecule has 0 atom stereocenters. The van der Waals surface area contributed by atoms with Gasteiger partial charge in [0.25, 0.3) is 11.1 Å². The number of amides is 3. The SMILES string of the molecule is CCc1ccc(/C=C2\SC(=O)N(CC(=O)Nc3ccc(C)cc3C)C2=O)cc1. The lowest BCUT2D eigenvalue weighted by Gasteiger charge is -2.14. The first kappa shape index (κ1) is 19.9. The van der Waals surface area contributed by atoms with E-state index in [9.17, 15) is 14.4 Å². The van der Waals surface area contributed by atoms with E-state index in [1.807, 2.05) is 56.3 Å². The van der Waals surface area contributed by atoms with Crippen LogP contribution in [0.15, 0.2) is 47.4 Å². The molecule has 6 heteroatoms. The van der Waals surface area contributed by atoms with Gasteiger partial charge in [0.15, 0.2) is 0 Å². The largest absolute Gasteiger partial charge is 0.324 e. The summed E-state index contributed by atoms with van der Waals surface area (Å²) in [6, 6.07) is 13.5. The van der Waals surface area contributed by atoms with Crippen molar-refractivity contribution in [2.24, 2.45) is 0 Å². The molecule has 3 rings (SSSR count). The van der Waals surface area contributed by atoms with E-state index in [0.29, 0.717) is 10.6 Å². The Kier molecular flexibility index (Phi) is 5.99. The molecule has 1 aliphatic rings. The third-order valence-corrected chi connectivity index (χ3v) is 5.42. The first-order chi connectivity index (χ1) is 13.4. The van der Waals surface area contributed by atoms with E-state index in [0.717, 1.165) is 39.8 Å². The predicted octanol–water partition coefficient (Wildman–Crippen LogP) is 4.54. The second-order valence-corrected chi connectivity index (χ2v) is 7.72. The molecule has 1 N–H and O–H groups in total. The number of carbonyl (C=O) groups excluding carboxylic acids is 3. The van der Waals surface area contributed by atoms with Crippen LogP contribution in [0, 0.1) is 13.8 Å². The number of hydrogen-bond donors (Lipinski definition) is 1. The topological polar surface area (TPSA) is 66.5 Å². The molecule has 1 saturated heterocycles. The van der Waals surface area contributed by atoms with Crippen molar-refractivity contribution < 1.29 is 14.4 Å². The molecule has 2 aromatic rings. The Labute approximate surface area is 168 Å². The molecule has 144 valence electrons. The third-order valence-electron chi connectivity index (χ3n) is 4.52. The molecular weight excluding hydrogens is 372 g/mol. The lowest BCUT2D eigenvalue weighted by molar-refractivity contribution is -0.127. The van der Waals surface area contributed by atoms with Crippen LogP contribution in [-0.2, 0) is 16.0 Å². The maximum atomic E-state index is 12.6. The number of aryl methyl sites for hydroxylation is 3. The van der Waals surface area contributed by atoms with Gasteiger partial charge in [-0.25, -0.2) is 0 Å². The summed E-state index contributed by atoms with van der Waals surface area (Å²) in [5, 5.41) is 2.34. The highest BCUT2D eigenvalue weighted by Crippen LogP contribution is 2.32. The molecule has 0 aliphatic carbocycles. The average Bonchev–Trinajstić information content (AvgIpc) is 2.92. The third kappa shape index (κ3) is 4.51. The molecular formula is C22H22N2O3S. The van der Waals surface area contributed by atoms with Crippen LogP contribution in [0.4, 0.5) is 10.5 Å². The van der Waals surface area contributed by atoms with Gasteiger partial charge >= 0.3 is 0 Å². The summed E-state index contributed by atoms with van der Waals surface area (Å²) in [5.74, 6) is -0.840. The number of hydrogen-bond acceptors (Lipinski definition) is 4. The van der Waals surface area contributed by atoms with Crippen molar-refractivity contribution in [3.63, 3.8) is 0 Å². The molecule has 0 radical (unpaired) electrons. The zero-order valence-electron chi connectivity index (χ0n) is 16.1. The van der Waals surface area contributed by atoms with E-state index in [4.69, 9.17) is 0 Å². The second-order valence-electron chi connectivity index (χ2n) is 6.73. The molecule has 1 heterocycles. The average molecular weight is 394 g/mol. The zero-order chi connectivity index (χ0) is 20.3. The van der Waals surface area contributed by atoms with E-state index in [1.54, 1.807) is 6.08 Å². The van der Waals surface area contributed by atoms with Crippen molar-refractivity contribution >= 4 is 40.6 Å². The van der Waals surface area contributed by atoms with E-state index in [1.165, 1.54) is 5.56 Å². The fourth-order valence-corrected chi connectivity index (χ4v) is 3.76. The van der Waals surface area contributed by atoms with Gasteiger partial charge in [0.1, 0.15) is 6.54 Å². The smallest absolute Gasteiger partial charge is 0.294 e. The quantitative estimate of drug-likeness (QED) is 0.756. The van der Waals surface area contributed by atoms with Gasteiger partial charge < -0.3 is 5.32 Å². The van der Waals surface area contributed by atoms with Crippen LogP contribution >= 0.6 is 11.8 Å². The Balaban J connectivity index is 1.69. The lowest BCUT2D eigenvalue weighted by atomic mass is 10.1. The molecule has 0 aromatic heterocycles. The zero-order valence-corrected chi connectivity index (χ0v) is 16.9. The number of nitrogens with one attached hydrogen (secondary N) is 1. The minimum absolute atomic E-state index is 0.301. The van der Waals surface area contributed by atoms with E-state index in [-0.39, 0.29) is 6.54 Å². The number of nitrogens with zero attached hydrogens (tertiary/aromatic N) is 1. The fourth-order valence-electron chi connectivity index (χ4n) is 2.92.